The molecule has 0 spiro atoms. The normalized spacial score (nSPS) is 16.4. The van der Waals surface area contributed by atoms with E-state index in [2.05, 4.69) is 16.5 Å². The highest BCUT2D eigenvalue weighted by molar-refractivity contribution is 8.00. The molecule has 1 aliphatic carbocycles. The van der Waals surface area contributed by atoms with E-state index in [1.165, 1.54) is 49.6 Å². The molecule has 28 heavy (non-hydrogen) atoms. The fourth-order valence-corrected chi connectivity index (χ4v) is 5.52. The van der Waals surface area contributed by atoms with Gasteiger partial charge in [-0.1, -0.05) is 31.0 Å². The Kier molecular flexibility index (Phi) is 6.18. The molecule has 1 aliphatic rings. The summed E-state index contributed by atoms with van der Waals surface area (Å²) in [6.07, 6.45) is 6.20. The van der Waals surface area contributed by atoms with Crippen molar-refractivity contribution in [3.05, 3.63) is 33.9 Å². The van der Waals surface area contributed by atoms with E-state index in [0.717, 1.165) is 22.1 Å². The molecule has 152 valence electrons. The first-order valence-corrected chi connectivity index (χ1v) is 11.1. The second kappa shape index (κ2) is 8.27. The largest absolute Gasteiger partial charge is 0.355 e. The standard InChI is InChI=1S/C22H31N3O2S/c1-12-19(16(5)26)14(3)23-20(12)21(27)17(6)28-22-24-13(2)15(4)25(22)18-10-8-7-9-11-18/h17-18,23H,7-11H2,1-6H3. The van der Waals surface area contributed by atoms with Crippen molar-refractivity contribution in [3.63, 3.8) is 0 Å². The average molecular weight is 402 g/mol. The van der Waals surface area contributed by atoms with E-state index in [1.807, 2.05) is 27.7 Å². The van der Waals surface area contributed by atoms with Gasteiger partial charge in [-0.05, 0) is 59.9 Å². The lowest BCUT2D eigenvalue weighted by Crippen LogP contribution is -2.19. The van der Waals surface area contributed by atoms with E-state index >= 15 is 0 Å². The van der Waals surface area contributed by atoms with Gasteiger partial charge in [0.25, 0.3) is 0 Å². The quantitative estimate of drug-likeness (QED) is 0.511. The van der Waals surface area contributed by atoms with Crippen molar-refractivity contribution < 1.29 is 9.59 Å². The van der Waals surface area contributed by atoms with Crippen molar-refractivity contribution >= 4 is 23.3 Å². The van der Waals surface area contributed by atoms with E-state index in [4.69, 9.17) is 4.98 Å². The molecular formula is C22H31N3O2S. The number of aromatic nitrogens is 3. The molecule has 2 heterocycles. The number of imidazole rings is 1. The van der Waals surface area contributed by atoms with Crippen LogP contribution in [0, 0.1) is 27.7 Å². The predicted molar refractivity (Wildman–Crippen MR) is 114 cm³/mol. The van der Waals surface area contributed by atoms with Gasteiger partial charge in [0.05, 0.1) is 16.6 Å². The smallest absolute Gasteiger partial charge is 0.192 e. The minimum atomic E-state index is -0.278. The highest BCUT2D eigenvalue weighted by Crippen LogP contribution is 2.36. The van der Waals surface area contributed by atoms with Gasteiger partial charge in [0, 0.05) is 23.0 Å². The maximum atomic E-state index is 13.1. The molecule has 1 saturated carbocycles. The monoisotopic (exact) mass is 401 g/mol. The minimum Gasteiger partial charge on any atom is -0.355 e. The number of hydrogen-bond acceptors (Lipinski definition) is 4. The average Bonchev–Trinajstić information content (AvgIpc) is 3.10. The summed E-state index contributed by atoms with van der Waals surface area (Å²) < 4.78 is 2.36. The van der Waals surface area contributed by atoms with Crippen LogP contribution in [0.4, 0.5) is 0 Å². The highest BCUT2D eigenvalue weighted by Gasteiger charge is 2.28. The summed E-state index contributed by atoms with van der Waals surface area (Å²) in [5.74, 6) is 0.0105. The molecule has 0 amide bonds. The zero-order chi connectivity index (χ0) is 20.6. The minimum absolute atomic E-state index is 0.00954. The summed E-state index contributed by atoms with van der Waals surface area (Å²) >= 11 is 1.53. The number of Topliss-reactive ketones (excluding diaryl/α,β-unsaturated/α-hetero) is 2. The van der Waals surface area contributed by atoms with Gasteiger partial charge in [0.15, 0.2) is 16.7 Å². The lowest BCUT2D eigenvalue weighted by Gasteiger charge is -2.26. The Morgan fingerprint density at radius 2 is 1.79 bits per heavy atom. The summed E-state index contributed by atoms with van der Waals surface area (Å²) in [6, 6.07) is 0.485. The van der Waals surface area contributed by atoms with Crippen LogP contribution < -0.4 is 0 Å². The number of H-pyrrole nitrogens is 1. The number of rotatable bonds is 6. The van der Waals surface area contributed by atoms with Gasteiger partial charge >= 0.3 is 0 Å². The van der Waals surface area contributed by atoms with E-state index in [9.17, 15) is 9.59 Å². The van der Waals surface area contributed by atoms with E-state index in [0.29, 0.717) is 17.3 Å². The maximum absolute atomic E-state index is 13.1. The Bertz CT molecular complexity index is 904. The van der Waals surface area contributed by atoms with E-state index < -0.39 is 0 Å². The van der Waals surface area contributed by atoms with Gasteiger partial charge in [-0.2, -0.15) is 0 Å². The fourth-order valence-electron chi connectivity index (χ4n) is 4.39. The summed E-state index contributed by atoms with van der Waals surface area (Å²) in [7, 11) is 0. The number of hydrogen-bond donors (Lipinski definition) is 1. The second-order valence-electron chi connectivity index (χ2n) is 8.03. The number of thioether (sulfide) groups is 1. The Balaban J connectivity index is 1.86. The number of ketones is 2. The van der Waals surface area contributed by atoms with Crippen LogP contribution in [0.5, 0.6) is 0 Å². The zero-order valence-corrected chi connectivity index (χ0v) is 18.6. The van der Waals surface area contributed by atoms with Crippen molar-refractivity contribution in [2.45, 2.75) is 90.1 Å². The number of aryl methyl sites for hydroxylation is 2. The highest BCUT2D eigenvalue weighted by atomic mass is 32.2. The molecule has 0 aliphatic heterocycles. The van der Waals surface area contributed by atoms with Crippen LogP contribution in [0.15, 0.2) is 5.16 Å². The molecule has 0 bridgehead atoms. The molecule has 3 rings (SSSR count). The Hall–Kier alpha value is -1.82. The third-order valence-corrected chi connectivity index (χ3v) is 7.05. The SMILES string of the molecule is CC(=O)c1c(C)[nH]c(C(=O)C(C)Sc2nc(C)c(C)n2C2CCCCC2)c1C. The van der Waals surface area contributed by atoms with Crippen LogP contribution in [-0.2, 0) is 0 Å². The molecule has 1 N–H and O–H groups in total. The maximum Gasteiger partial charge on any atom is 0.192 e. The fraction of sp³-hybridized carbons (Fsp3) is 0.591. The van der Waals surface area contributed by atoms with Gasteiger partial charge in [0.1, 0.15) is 0 Å². The molecule has 2 aromatic heterocycles. The van der Waals surface area contributed by atoms with Gasteiger partial charge in [-0.25, -0.2) is 4.98 Å². The third kappa shape index (κ3) is 3.84. The predicted octanol–water partition coefficient (Wildman–Crippen LogP) is 5.52. The third-order valence-electron chi connectivity index (χ3n) is 5.98. The molecule has 1 atom stereocenters. The number of nitrogens with one attached hydrogen (secondary N) is 1. The number of aromatic amines is 1. The molecular weight excluding hydrogens is 370 g/mol. The lowest BCUT2D eigenvalue weighted by molar-refractivity contribution is 0.0988. The van der Waals surface area contributed by atoms with Gasteiger partial charge in [0.2, 0.25) is 0 Å². The van der Waals surface area contributed by atoms with Crippen LogP contribution >= 0.6 is 11.8 Å². The van der Waals surface area contributed by atoms with Crippen molar-refractivity contribution in [3.8, 4) is 0 Å². The van der Waals surface area contributed by atoms with Crippen LogP contribution in [0.25, 0.3) is 0 Å². The van der Waals surface area contributed by atoms with E-state index in [1.54, 1.807) is 6.92 Å². The first-order chi connectivity index (χ1) is 13.2. The van der Waals surface area contributed by atoms with Crippen LogP contribution in [0.1, 0.15) is 95.5 Å². The summed E-state index contributed by atoms with van der Waals surface area (Å²) in [5.41, 5.74) is 4.95. The summed E-state index contributed by atoms with van der Waals surface area (Å²) in [5, 5.41) is 0.663. The number of carbonyl (C=O) groups is 2. The molecule has 6 heteroatoms. The van der Waals surface area contributed by atoms with Crippen molar-refractivity contribution in [2.75, 3.05) is 0 Å². The molecule has 2 aromatic rings. The summed E-state index contributed by atoms with van der Waals surface area (Å²) in [4.78, 5) is 33.0. The first kappa shape index (κ1) is 20.9. The molecule has 5 nitrogen and oxygen atoms in total. The van der Waals surface area contributed by atoms with Crippen LogP contribution in [0.3, 0.4) is 0 Å². The lowest BCUT2D eigenvalue weighted by atomic mass is 9.95. The molecule has 0 aromatic carbocycles. The van der Waals surface area contributed by atoms with Gasteiger partial charge in [-0.15, -0.1) is 0 Å². The second-order valence-corrected chi connectivity index (χ2v) is 9.34. The molecule has 1 fully saturated rings. The molecule has 0 saturated heterocycles. The van der Waals surface area contributed by atoms with Crippen LogP contribution in [0.2, 0.25) is 0 Å². The zero-order valence-electron chi connectivity index (χ0n) is 17.8. The Morgan fingerprint density at radius 1 is 1.14 bits per heavy atom. The number of nitrogens with zero attached hydrogens (tertiary/aromatic N) is 2. The molecule has 1 unspecified atom stereocenters. The first-order valence-electron chi connectivity index (χ1n) is 10.2. The Morgan fingerprint density at radius 3 is 2.36 bits per heavy atom. The Labute approximate surface area is 171 Å². The van der Waals surface area contributed by atoms with Crippen LogP contribution in [-0.4, -0.2) is 31.4 Å². The number of carbonyl (C=O) groups excluding carboxylic acids is 2. The topological polar surface area (TPSA) is 67.8 Å². The van der Waals surface area contributed by atoms with Crippen molar-refractivity contribution in [1.82, 2.24) is 14.5 Å². The molecule has 0 radical (unpaired) electrons. The van der Waals surface area contributed by atoms with E-state index in [-0.39, 0.29) is 16.8 Å². The van der Waals surface area contributed by atoms with Gasteiger partial charge in [-0.3, -0.25) is 9.59 Å². The van der Waals surface area contributed by atoms with Gasteiger partial charge < -0.3 is 9.55 Å². The van der Waals surface area contributed by atoms with Crippen molar-refractivity contribution in [2.24, 2.45) is 0 Å². The summed E-state index contributed by atoms with van der Waals surface area (Å²) in [6.45, 7) is 11.3. The van der Waals surface area contributed by atoms with Crippen molar-refractivity contribution in [1.29, 1.82) is 0 Å².